The number of amides is 4. The van der Waals surface area contributed by atoms with Gasteiger partial charge in [-0.25, -0.2) is 9.18 Å². The zero-order valence-electron chi connectivity index (χ0n) is 28.7. The molecule has 1 N–H and O–H groups in total. The van der Waals surface area contributed by atoms with Gasteiger partial charge in [-0.3, -0.25) is 24.0 Å². The van der Waals surface area contributed by atoms with Crippen LogP contribution in [-0.4, -0.2) is 103 Å². The first-order chi connectivity index (χ1) is 21.9. The number of ether oxygens (including phenoxy) is 1. The average molecular weight is 654 g/mol. The first-order valence-corrected chi connectivity index (χ1v) is 16.5. The molecule has 0 radical (unpaired) electrons. The van der Waals surface area contributed by atoms with Crippen LogP contribution in [0.3, 0.4) is 0 Å². The molecule has 2 saturated heterocycles. The SMILES string of the molecule is C[C@@H](C(=O)N[C@H](C(=O)N1CC[C@@H]2[C@H]1[C@@H](Cn1cc(-c3ccc(F)cc3)nn1)CN2C(=O)C1CC1)C(C)(C)C)N(C)C(=O)OC(C)(C)C. The molecule has 1 aromatic heterocycles. The Hall–Kier alpha value is -4.03. The highest BCUT2D eigenvalue weighted by Gasteiger charge is 2.55. The first-order valence-electron chi connectivity index (χ1n) is 16.5. The molecule has 1 aliphatic carbocycles. The highest BCUT2D eigenvalue weighted by molar-refractivity contribution is 5.92. The van der Waals surface area contributed by atoms with Crippen molar-refractivity contribution in [2.75, 3.05) is 20.1 Å². The zero-order chi connectivity index (χ0) is 34.4. The summed E-state index contributed by atoms with van der Waals surface area (Å²) in [5.74, 6) is -0.958. The third-order valence-electron chi connectivity index (χ3n) is 9.37. The number of fused-ring (bicyclic) bond motifs is 1. The van der Waals surface area contributed by atoms with Crippen LogP contribution in [0.5, 0.6) is 0 Å². The predicted molar refractivity (Wildman–Crippen MR) is 172 cm³/mol. The van der Waals surface area contributed by atoms with Crippen molar-refractivity contribution in [3.8, 4) is 11.3 Å². The summed E-state index contributed by atoms with van der Waals surface area (Å²) in [6.45, 7) is 13.9. The van der Waals surface area contributed by atoms with Crippen molar-refractivity contribution >= 4 is 23.8 Å². The number of carbonyl (C=O) groups excluding carboxylic acids is 4. The van der Waals surface area contributed by atoms with Gasteiger partial charge in [0.05, 0.1) is 18.3 Å². The number of nitrogens with zero attached hydrogens (tertiary/aromatic N) is 6. The molecule has 3 heterocycles. The highest BCUT2D eigenvalue weighted by atomic mass is 19.1. The minimum absolute atomic E-state index is 0.0423. The molecule has 0 bridgehead atoms. The number of likely N-dealkylation sites (tertiary alicyclic amines) is 2. The summed E-state index contributed by atoms with van der Waals surface area (Å²) >= 11 is 0. The lowest BCUT2D eigenvalue weighted by Crippen LogP contribution is -2.59. The van der Waals surface area contributed by atoms with E-state index in [1.165, 1.54) is 24.1 Å². The molecule has 4 amide bonds. The van der Waals surface area contributed by atoms with Gasteiger partial charge in [0, 0.05) is 44.1 Å². The lowest BCUT2D eigenvalue weighted by molar-refractivity contribution is -0.142. The van der Waals surface area contributed by atoms with Crippen molar-refractivity contribution < 1.29 is 28.3 Å². The summed E-state index contributed by atoms with van der Waals surface area (Å²) in [6, 6.07) is 3.87. The van der Waals surface area contributed by atoms with Crippen molar-refractivity contribution in [2.24, 2.45) is 17.3 Å². The summed E-state index contributed by atoms with van der Waals surface area (Å²) in [5.41, 5.74) is -0.0342. The Balaban J connectivity index is 1.36. The van der Waals surface area contributed by atoms with E-state index in [-0.39, 0.29) is 41.6 Å². The van der Waals surface area contributed by atoms with Gasteiger partial charge in [-0.15, -0.1) is 5.10 Å². The van der Waals surface area contributed by atoms with Crippen molar-refractivity contribution in [3.63, 3.8) is 0 Å². The minimum Gasteiger partial charge on any atom is -0.444 e. The maximum atomic E-state index is 14.5. The number of benzene rings is 1. The van der Waals surface area contributed by atoms with Crippen LogP contribution in [0.25, 0.3) is 11.3 Å². The molecule has 5 atom stereocenters. The second-order valence-corrected chi connectivity index (χ2v) is 15.3. The summed E-state index contributed by atoms with van der Waals surface area (Å²) in [6.07, 6.45) is 3.59. The van der Waals surface area contributed by atoms with Crippen LogP contribution in [-0.2, 0) is 25.7 Å². The fourth-order valence-corrected chi connectivity index (χ4v) is 6.57. The Morgan fingerprint density at radius 3 is 2.30 bits per heavy atom. The van der Waals surface area contributed by atoms with Crippen LogP contribution in [0, 0.1) is 23.1 Å². The fraction of sp³-hybridized carbons (Fsp3) is 0.647. The van der Waals surface area contributed by atoms with Crippen LogP contribution < -0.4 is 5.32 Å². The fourth-order valence-electron chi connectivity index (χ4n) is 6.57. The number of carbonyl (C=O) groups is 4. The average Bonchev–Trinajstić information content (AvgIpc) is 3.42. The Morgan fingerprint density at radius 2 is 1.70 bits per heavy atom. The van der Waals surface area contributed by atoms with Crippen LogP contribution >= 0.6 is 0 Å². The van der Waals surface area contributed by atoms with E-state index in [1.807, 2.05) is 30.6 Å². The summed E-state index contributed by atoms with van der Waals surface area (Å²) in [5, 5.41) is 11.6. The van der Waals surface area contributed by atoms with Crippen LogP contribution in [0.1, 0.15) is 67.7 Å². The summed E-state index contributed by atoms with van der Waals surface area (Å²) in [7, 11) is 1.50. The standard InChI is InChI=1S/C34H48FN7O5/c1-20(39(8)32(46)47-34(5,6)7)29(43)36-28(33(2,3)4)31(45)41-16-15-26-27(41)23(18-42(26)30(44)22-9-10-22)17-40-19-25(37-38-40)21-11-13-24(35)14-12-21/h11-14,19-20,22-23,26-28H,9-10,15-18H2,1-8H3,(H,36,43)/t20-,23-,26+,27+,28+/m0/s1. The summed E-state index contributed by atoms with van der Waals surface area (Å²) < 4.78 is 20.6. The largest absolute Gasteiger partial charge is 0.444 e. The van der Waals surface area contributed by atoms with Crippen LogP contribution in [0.2, 0.25) is 0 Å². The number of nitrogens with one attached hydrogen (secondary N) is 1. The van der Waals surface area contributed by atoms with Gasteiger partial charge in [0.1, 0.15) is 29.2 Å². The molecule has 3 fully saturated rings. The van der Waals surface area contributed by atoms with Crippen molar-refractivity contribution in [1.82, 2.24) is 35.0 Å². The molecule has 12 nitrogen and oxygen atoms in total. The van der Waals surface area contributed by atoms with E-state index in [0.29, 0.717) is 31.7 Å². The first kappa shape index (κ1) is 34.3. The number of likely N-dealkylation sites (N-methyl/N-ethyl adjacent to an activating group) is 1. The molecule has 2 aromatic rings. The second kappa shape index (κ2) is 12.9. The highest BCUT2D eigenvalue weighted by Crippen LogP contribution is 2.41. The van der Waals surface area contributed by atoms with Crippen LogP contribution in [0.15, 0.2) is 30.5 Å². The lowest BCUT2D eigenvalue weighted by Gasteiger charge is -2.38. The van der Waals surface area contributed by atoms with Crippen molar-refractivity contribution in [1.29, 1.82) is 0 Å². The van der Waals surface area contributed by atoms with E-state index in [4.69, 9.17) is 4.74 Å². The second-order valence-electron chi connectivity index (χ2n) is 15.3. The van der Waals surface area contributed by atoms with Crippen LogP contribution in [0.4, 0.5) is 9.18 Å². The molecule has 3 aliphatic rings. The number of halogens is 1. The molecule has 1 saturated carbocycles. The van der Waals surface area contributed by atoms with E-state index in [2.05, 4.69) is 15.6 Å². The molecule has 1 aromatic carbocycles. The molecule has 0 unspecified atom stereocenters. The van der Waals surface area contributed by atoms with Gasteiger partial charge >= 0.3 is 6.09 Å². The Kier molecular flexibility index (Phi) is 9.40. The zero-order valence-corrected chi connectivity index (χ0v) is 28.7. The van der Waals surface area contributed by atoms with Gasteiger partial charge in [0.2, 0.25) is 17.7 Å². The van der Waals surface area contributed by atoms with E-state index in [1.54, 1.807) is 50.7 Å². The van der Waals surface area contributed by atoms with Gasteiger partial charge in [-0.1, -0.05) is 26.0 Å². The number of hydrogen-bond donors (Lipinski definition) is 1. The quantitative estimate of drug-likeness (QED) is 0.460. The molecule has 2 aliphatic heterocycles. The van der Waals surface area contributed by atoms with E-state index in [0.717, 1.165) is 18.4 Å². The molecule has 5 rings (SSSR count). The van der Waals surface area contributed by atoms with Crippen molar-refractivity contribution in [3.05, 3.63) is 36.3 Å². The molecular weight excluding hydrogens is 605 g/mol. The molecule has 256 valence electrons. The molecule has 13 heteroatoms. The van der Waals surface area contributed by atoms with E-state index >= 15 is 0 Å². The van der Waals surface area contributed by atoms with Crippen molar-refractivity contribution in [2.45, 2.75) is 104 Å². The third kappa shape index (κ3) is 7.59. The smallest absolute Gasteiger partial charge is 0.410 e. The Bertz CT molecular complexity index is 1490. The van der Waals surface area contributed by atoms with Gasteiger partial charge in [-0.05, 0) is 76.6 Å². The number of aromatic nitrogens is 3. The maximum Gasteiger partial charge on any atom is 0.410 e. The van der Waals surface area contributed by atoms with Gasteiger partial charge < -0.3 is 19.9 Å². The number of hydrogen-bond acceptors (Lipinski definition) is 7. The lowest BCUT2D eigenvalue weighted by atomic mass is 9.85. The summed E-state index contributed by atoms with van der Waals surface area (Å²) in [4.78, 5) is 59.1. The Labute approximate surface area is 276 Å². The third-order valence-corrected chi connectivity index (χ3v) is 9.37. The maximum absolute atomic E-state index is 14.5. The number of rotatable bonds is 8. The topological polar surface area (TPSA) is 130 Å². The minimum atomic E-state index is -0.887. The van der Waals surface area contributed by atoms with Gasteiger partial charge in [-0.2, -0.15) is 0 Å². The van der Waals surface area contributed by atoms with Gasteiger partial charge in [0.15, 0.2) is 0 Å². The molecule has 0 spiro atoms. The predicted octanol–water partition coefficient (Wildman–Crippen LogP) is 3.71. The van der Waals surface area contributed by atoms with E-state index < -0.39 is 35.1 Å². The molecule has 47 heavy (non-hydrogen) atoms. The van der Waals surface area contributed by atoms with E-state index in [9.17, 15) is 23.6 Å². The van der Waals surface area contributed by atoms with Gasteiger partial charge in [0.25, 0.3) is 0 Å². The Morgan fingerprint density at radius 1 is 1.04 bits per heavy atom. The normalized spacial score (nSPS) is 22.4. The monoisotopic (exact) mass is 653 g/mol. The molecular formula is C34H48FN7O5.